The Balaban J connectivity index is 1.38. The number of hydrogen-bond acceptors (Lipinski definition) is 8. The highest BCUT2D eigenvalue weighted by molar-refractivity contribution is 6.03. The summed E-state index contributed by atoms with van der Waals surface area (Å²) >= 11 is 0. The van der Waals surface area contributed by atoms with E-state index in [9.17, 15) is 14.4 Å². The lowest BCUT2D eigenvalue weighted by Gasteiger charge is -2.35. The number of ether oxygens (including phenoxy) is 3. The SMILES string of the molecule is COc1cc(NC(=O)C2CC2)c(C(=O)OCC(=O)N2CCN(c3ccccn3)CC2)cc1OC. The number of piperazine rings is 1. The number of nitrogens with zero attached hydrogens (tertiary/aromatic N) is 3. The van der Waals surface area contributed by atoms with Crippen molar-refractivity contribution in [2.75, 3.05) is 57.2 Å². The summed E-state index contributed by atoms with van der Waals surface area (Å²) < 4.78 is 15.9. The molecular weight excluding hydrogens is 440 g/mol. The smallest absolute Gasteiger partial charge is 0.340 e. The Kier molecular flexibility index (Phi) is 7.15. The summed E-state index contributed by atoms with van der Waals surface area (Å²) in [4.78, 5) is 45.9. The lowest BCUT2D eigenvalue weighted by Crippen LogP contribution is -2.50. The number of anilines is 2. The van der Waals surface area contributed by atoms with E-state index in [-0.39, 0.29) is 29.0 Å². The molecule has 34 heavy (non-hydrogen) atoms. The molecule has 0 radical (unpaired) electrons. The number of nitrogens with one attached hydrogen (secondary N) is 1. The lowest BCUT2D eigenvalue weighted by atomic mass is 10.1. The van der Waals surface area contributed by atoms with Crippen LogP contribution in [0.2, 0.25) is 0 Å². The van der Waals surface area contributed by atoms with Crippen LogP contribution in [0.3, 0.4) is 0 Å². The van der Waals surface area contributed by atoms with E-state index in [0.717, 1.165) is 18.7 Å². The van der Waals surface area contributed by atoms with Crippen LogP contribution in [0.15, 0.2) is 36.5 Å². The van der Waals surface area contributed by atoms with Gasteiger partial charge in [0.05, 0.1) is 25.5 Å². The first kappa shape index (κ1) is 23.3. The van der Waals surface area contributed by atoms with Crippen LogP contribution in [0.5, 0.6) is 11.5 Å². The Morgan fingerprint density at radius 3 is 2.35 bits per heavy atom. The first-order valence-corrected chi connectivity index (χ1v) is 11.2. The van der Waals surface area contributed by atoms with Crippen molar-refractivity contribution in [1.82, 2.24) is 9.88 Å². The second kappa shape index (κ2) is 10.4. The number of methoxy groups -OCH3 is 2. The minimum Gasteiger partial charge on any atom is -0.493 e. The number of esters is 1. The number of amides is 2. The van der Waals surface area contributed by atoms with Gasteiger partial charge in [0.15, 0.2) is 18.1 Å². The van der Waals surface area contributed by atoms with E-state index in [1.165, 1.54) is 26.4 Å². The third kappa shape index (κ3) is 5.38. The van der Waals surface area contributed by atoms with Gasteiger partial charge in [0.2, 0.25) is 5.91 Å². The van der Waals surface area contributed by atoms with Gasteiger partial charge in [-0.15, -0.1) is 0 Å². The zero-order valence-electron chi connectivity index (χ0n) is 19.3. The standard InChI is InChI=1S/C24H28N4O6/c1-32-19-13-17(18(14-20(19)33-2)26-23(30)16-6-7-16)24(31)34-15-22(29)28-11-9-27(10-12-28)21-5-3-4-8-25-21/h3-5,8,13-14,16H,6-7,9-12,15H2,1-2H3,(H,26,30). The molecule has 1 aliphatic carbocycles. The summed E-state index contributed by atoms with van der Waals surface area (Å²) in [5, 5.41) is 2.77. The van der Waals surface area contributed by atoms with E-state index in [4.69, 9.17) is 14.2 Å². The largest absolute Gasteiger partial charge is 0.493 e. The normalized spacial score (nSPS) is 15.5. The summed E-state index contributed by atoms with van der Waals surface area (Å²) in [5.41, 5.74) is 0.357. The number of benzene rings is 1. The highest BCUT2D eigenvalue weighted by Gasteiger charge is 2.31. The Morgan fingerprint density at radius 1 is 1.03 bits per heavy atom. The van der Waals surface area contributed by atoms with Crippen LogP contribution in [0, 0.1) is 5.92 Å². The van der Waals surface area contributed by atoms with E-state index in [2.05, 4.69) is 15.2 Å². The van der Waals surface area contributed by atoms with E-state index >= 15 is 0 Å². The highest BCUT2D eigenvalue weighted by Crippen LogP contribution is 2.36. The fourth-order valence-corrected chi connectivity index (χ4v) is 3.75. The third-order valence-electron chi connectivity index (χ3n) is 5.88. The van der Waals surface area contributed by atoms with Crippen molar-refractivity contribution in [3.05, 3.63) is 42.1 Å². The van der Waals surface area contributed by atoms with E-state index < -0.39 is 12.6 Å². The van der Waals surface area contributed by atoms with E-state index in [1.807, 2.05) is 18.2 Å². The average molecular weight is 469 g/mol. The third-order valence-corrected chi connectivity index (χ3v) is 5.88. The summed E-state index contributed by atoms with van der Waals surface area (Å²) in [6.07, 6.45) is 3.38. The second-order valence-electron chi connectivity index (χ2n) is 8.15. The van der Waals surface area contributed by atoms with Crippen LogP contribution >= 0.6 is 0 Å². The Hall–Kier alpha value is -3.82. The van der Waals surface area contributed by atoms with Gasteiger partial charge in [0.25, 0.3) is 5.91 Å². The molecule has 180 valence electrons. The van der Waals surface area contributed by atoms with Gasteiger partial charge in [0.1, 0.15) is 5.82 Å². The Labute approximate surface area is 197 Å². The van der Waals surface area contributed by atoms with Gasteiger partial charge in [-0.25, -0.2) is 9.78 Å². The summed E-state index contributed by atoms with van der Waals surface area (Å²) in [6, 6.07) is 8.68. The van der Waals surface area contributed by atoms with Crippen LogP contribution in [-0.2, 0) is 14.3 Å². The zero-order chi connectivity index (χ0) is 24.1. The topological polar surface area (TPSA) is 110 Å². The molecule has 0 atom stereocenters. The number of aromatic nitrogens is 1. The number of rotatable bonds is 8. The number of pyridine rings is 1. The molecule has 1 aromatic carbocycles. The minimum atomic E-state index is -0.729. The molecule has 4 rings (SSSR count). The van der Waals surface area contributed by atoms with Gasteiger partial charge in [-0.05, 0) is 25.0 Å². The van der Waals surface area contributed by atoms with Crippen molar-refractivity contribution in [3.63, 3.8) is 0 Å². The Bertz CT molecular complexity index is 1050. The molecule has 2 aliphatic rings. The molecular formula is C24H28N4O6. The molecule has 10 nitrogen and oxygen atoms in total. The van der Waals surface area contributed by atoms with Crippen molar-refractivity contribution in [2.24, 2.45) is 5.92 Å². The molecule has 0 unspecified atom stereocenters. The molecule has 1 saturated heterocycles. The molecule has 0 bridgehead atoms. The average Bonchev–Trinajstić information content (AvgIpc) is 3.73. The molecule has 2 fully saturated rings. The predicted octanol–water partition coefficient (Wildman–Crippen LogP) is 1.95. The maximum Gasteiger partial charge on any atom is 0.340 e. The quantitative estimate of drug-likeness (QED) is 0.586. The minimum absolute atomic E-state index is 0.0525. The van der Waals surface area contributed by atoms with Crippen LogP contribution in [0.25, 0.3) is 0 Å². The van der Waals surface area contributed by atoms with Crippen molar-refractivity contribution in [1.29, 1.82) is 0 Å². The van der Waals surface area contributed by atoms with Gasteiger partial charge in [-0.3, -0.25) is 9.59 Å². The summed E-state index contributed by atoms with van der Waals surface area (Å²) in [5.74, 6) is 0.329. The van der Waals surface area contributed by atoms with Crippen LogP contribution in [0.4, 0.5) is 11.5 Å². The van der Waals surface area contributed by atoms with Gasteiger partial charge in [0, 0.05) is 50.4 Å². The highest BCUT2D eigenvalue weighted by atomic mass is 16.5. The Morgan fingerprint density at radius 2 is 1.74 bits per heavy atom. The number of carbonyl (C=O) groups excluding carboxylic acids is 3. The summed E-state index contributed by atoms with van der Waals surface area (Å²) in [6.45, 7) is 1.90. The predicted molar refractivity (Wildman–Crippen MR) is 124 cm³/mol. The fraction of sp³-hybridized carbons (Fsp3) is 0.417. The van der Waals surface area contributed by atoms with Gasteiger partial charge in [-0.2, -0.15) is 0 Å². The first-order valence-electron chi connectivity index (χ1n) is 11.2. The maximum absolute atomic E-state index is 12.9. The molecule has 1 aliphatic heterocycles. The summed E-state index contributed by atoms with van der Waals surface area (Å²) in [7, 11) is 2.91. The zero-order valence-corrected chi connectivity index (χ0v) is 19.3. The second-order valence-corrected chi connectivity index (χ2v) is 8.15. The van der Waals surface area contributed by atoms with Gasteiger partial charge < -0.3 is 29.3 Å². The molecule has 2 heterocycles. The lowest BCUT2D eigenvalue weighted by molar-refractivity contribution is -0.134. The van der Waals surface area contributed by atoms with Crippen LogP contribution < -0.4 is 19.7 Å². The molecule has 2 amide bonds. The van der Waals surface area contributed by atoms with E-state index in [0.29, 0.717) is 37.7 Å². The van der Waals surface area contributed by atoms with Crippen molar-refractivity contribution in [3.8, 4) is 11.5 Å². The molecule has 1 N–H and O–H groups in total. The van der Waals surface area contributed by atoms with Gasteiger partial charge in [-0.1, -0.05) is 6.07 Å². The van der Waals surface area contributed by atoms with Crippen molar-refractivity contribution < 1.29 is 28.6 Å². The van der Waals surface area contributed by atoms with Gasteiger partial charge >= 0.3 is 5.97 Å². The van der Waals surface area contributed by atoms with Crippen LogP contribution in [0.1, 0.15) is 23.2 Å². The molecule has 1 aromatic heterocycles. The molecule has 0 spiro atoms. The number of carbonyl (C=O) groups is 3. The molecule has 2 aromatic rings. The van der Waals surface area contributed by atoms with Crippen LogP contribution in [-0.4, -0.2) is 74.7 Å². The first-order chi connectivity index (χ1) is 16.5. The molecule has 1 saturated carbocycles. The molecule has 10 heteroatoms. The fourth-order valence-electron chi connectivity index (χ4n) is 3.75. The monoisotopic (exact) mass is 468 g/mol. The maximum atomic E-state index is 12.9. The van der Waals surface area contributed by atoms with Crippen molar-refractivity contribution >= 4 is 29.3 Å². The van der Waals surface area contributed by atoms with E-state index in [1.54, 1.807) is 11.1 Å². The number of hydrogen-bond donors (Lipinski definition) is 1. The van der Waals surface area contributed by atoms with Crippen molar-refractivity contribution in [2.45, 2.75) is 12.8 Å².